The first kappa shape index (κ1) is 34.6. The molecule has 6 rings (SSSR count). The van der Waals surface area contributed by atoms with E-state index in [1.165, 1.54) is 20.1 Å². The Kier molecular flexibility index (Phi) is 9.81. The molecule has 0 fully saturated rings. The maximum atomic E-state index is 14.8. The minimum absolute atomic E-state index is 0.0104. The lowest BCUT2D eigenvalue weighted by Gasteiger charge is -2.28. The summed E-state index contributed by atoms with van der Waals surface area (Å²) in [6.45, 7) is 1.34. The maximum Gasteiger partial charge on any atom is 0.434 e. The zero-order valence-corrected chi connectivity index (χ0v) is 28.7. The molecule has 1 atom stereocenters. The summed E-state index contributed by atoms with van der Waals surface area (Å²) >= 11 is 19.2. The van der Waals surface area contributed by atoms with Gasteiger partial charge in [0.25, 0.3) is 5.56 Å². The van der Waals surface area contributed by atoms with Crippen molar-refractivity contribution in [2.45, 2.75) is 25.7 Å². The Bertz CT molecular complexity index is 2340. The number of rotatable bonds is 8. The quantitative estimate of drug-likeness (QED) is 0.150. The summed E-state index contributed by atoms with van der Waals surface area (Å²) in [5.74, 6) is -0.770. The van der Waals surface area contributed by atoms with E-state index in [0.717, 1.165) is 15.9 Å². The summed E-state index contributed by atoms with van der Waals surface area (Å²) in [4.78, 5) is 31.4. The summed E-state index contributed by atoms with van der Waals surface area (Å²) in [5, 5.41) is 2.17. The monoisotopic (exact) mass is 746 g/mol. The van der Waals surface area contributed by atoms with Gasteiger partial charge >= 0.3 is 12.1 Å². The van der Waals surface area contributed by atoms with E-state index in [-0.39, 0.29) is 33.9 Å². The summed E-state index contributed by atoms with van der Waals surface area (Å²) in [5.41, 5.74) is -1.75. The summed E-state index contributed by atoms with van der Waals surface area (Å²) < 4.78 is 62.2. The smallest absolute Gasteiger partial charge is 0.434 e. The number of hydrogen-bond acceptors (Lipinski definition) is 7. The second kappa shape index (κ2) is 13.9. The second-order valence-corrected chi connectivity index (χ2v) is 12.9. The van der Waals surface area contributed by atoms with Gasteiger partial charge in [-0.1, -0.05) is 82.5 Å². The Morgan fingerprint density at radius 3 is 2.47 bits per heavy atom. The van der Waals surface area contributed by atoms with E-state index in [2.05, 4.69) is 4.99 Å². The van der Waals surface area contributed by atoms with Crippen molar-refractivity contribution < 1.29 is 32.2 Å². The third-order valence-electron chi connectivity index (χ3n) is 7.66. The molecular weight excluding hydrogens is 724 g/mol. The van der Waals surface area contributed by atoms with Crippen LogP contribution in [0.4, 0.5) is 13.2 Å². The molecule has 1 aromatic heterocycles. The Balaban J connectivity index is 1.59. The van der Waals surface area contributed by atoms with E-state index in [1.807, 2.05) is 0 Å². The molecule has 0 saturated heterocycles. The van der Waals surface area contributed by atoms with Crippen molar-refractivity contribution in [3.63, 3.8) is 0 Å². The van der Waals surface area contributed by atoms with Gasteiger partial charge in [-0.25, -0.2) is 9.79 Å². The van der Waals surface area contributed by atoms with Crippen LogP contribution in [0.5, 0.6) is 11.5 Å². The van der Waals surface area contributed by atoms with Crippen molar-refractivity contribution in [1.82, 2.24) is 4.57 Å². The number of methoxy groups -OCH3 is 1. The maximum absolute atomic E-state index is 14.8. The van der Waals surface area contributed by atoms with E-state index in [1.54, 1.807) is 72.8 Å². The molecule has 49 heavy (non-hydrogen) atoms. The first-order valence-electron chi connectivity index (χ1n) is 14.6. The molecule has 7 nitrogen and oxygen atoms in total. The molecule has 0 bridgehead atoms. The first-order valence-corrected chi connectivity index (χ1v) is 16.6. The van der Waals surface area contributed by atoms with Crippen LogP contribution >= 0.6 is 46.1 Å². The topological polar surface area (TPSA) is 79.1 Å². The Morgan fingerprint density at radius 2 is 1.76 bits per heavy atom. The lowest BCUT2D eigenvalue weighted by Crippen LogP contribution is -2.41. The van der Waals surface area contributed by atoms with Gasteiger partial charge in [0.1, 0.15) is 24.1 Å². The van der Waals surface area contributed by atoms with Gasteiger partial charge in [-0.3, -0.25) is 9.36 Å². The van der Waals surface area contributed by atoms with E-state index in [9.17, 15) is 22.8 Å². The largest absolute Gasteiger partial charge is 0.496 e. The molecule has 0 spiro atoms. The standard InChI is InChI=1S/C35H24Cl3F3N2O5S/c1-3-47-33(45)29-30(28-22-7-5-4-6-19(22)9-12-26(28)46-2)43-32(44)27(49-34(43)42-31(29)35(39,40)41)16-20-15-21(36)10-13-25(20)48-17-18-8-11-23(37)24(38)14-18/h4-16,30H,3,17H2,1-2H3/b27-16-/t30-/m1/s1. The van der Waals surface area contributed by atoms with Gasteiger partial charge in [-0.15, -0.1) is 0 Å². The summed E-state index contributed by atoms with van der Waals surface area (Å²) in [6.07, 6.45) is -3.62. The summed E-state index contributed by atoms with van der Waals surface area (Å²) in [7, 11) is 1.36. The Labute approximate surface area is 296 Å². The Morgan fingerprint density at radius 1 is 1.00 bits per heavy atom. The third-order valence-corrected chi connectivity index (χ3v) is 9.61. The highest BCUT2D eigenvalue weighted by molar-refractivity contribution is 7.07. The number of halogens is 6. The number of ether oxygens (including phenoxy) is 3. The fourth-order valence-corrected chi connectivity index (χ4v) is 7.04. The molecule has 0 N–H and O–H groups in total. The lowest BCUT2D eigenvalue weighted by molar-refractivity contribution is -0.140. The molecule has 0 amide bonds. The van der Waals surface area contributed by atoms with Gasteiger partial charge in [0.05, 0.1) is 33.9 Å². The molecule has 0 radical (unpaired) electrons. The van der Waals surface area contributed by atoms with Gasteiger partial charge in [0.15, 0.2) is 10.5 Å². The molecule has 1 aliphatic heterocycles. The molecule has 1 aliphatic rings. The van der Waals surface area contributed by atoms with Crippen LogP contribution in [0.2, 0.25) is 15.1 Å². The van der Waals surface area contributed by atoms with Gasteiger partial charge < -0.3 is 14.2 Å². The molecule has 4 aromatic carbocycles. The van der Waals surface area contributed by atoms with Crippen molar-refractivity contribution in [3.8, 4) is 11.5 Å². The number of fused-ring (bicyclic) bond motifs is 2. The van der Waals surface area contributed by atoms with Crippen LogP contribution in [0.25, 0.3) is 16.8 Å². The van der Waals surface area contributed by atoms with Crippen LogP contribution in [0.15, 0.2) is 93.9 Å². The molecule has 0 unspecified atom stereocenters. The normalized spacial score (nSPS) is 14.9. The van der Waals surface area contributed by atoms with E-state index in [0.29, 0.717) is 42.7 Å². The van der Waals surface area contributed by atoms with Gasteiger partial charge in [0, 0.05) is 16.1 Å². The van der Waals surface area contributed by atoms with E-state index in [4.69, 9.17) is 49.0 Å². The third kappa shape index (κ3) is 6.81. The number of hydrogen-bond donors (Lipinski definition) is 0. The highest BCUT2D eigenvalue weighted by Gasteiger charge is 2.46. The molecule has 5 aromatic rings. The van der Waals surface area contributed by atoms with Crippen LogP contribution in [0, 0.1) is 0 Å². The predicted octanol–water partition coefficient (Wildman–Crippen LogP) is 8.04. The number of carbonyl (C=O) groups is 1. The zero-order valence-electron chi connectivity index (χ0n) is 25.6. The van der Waals surface area contributed by atoms with Crippen molar-refractivity contribution in [2.24, 2.45) is 4.99 Å². The molecular formula is C35H24Cl3F3N2O5S. The minimum Gasteiger partial charge on any atom is -0.496 e. The van der Waals surface area contributed by atoms with Crippen LogP contribution in [0.1, 0.15) is 29.7 Å². The number of carbonyl (C=O) groups excluding carboxylic acids is 1. The zero-order chi connectivity index (χ0) is 35.0. The lowest BCUT2D eigenvalue weighted by atomic mass is 9.90. The fraction of sp³-hybridized carbons (Fsp3) is 0.171. The number of esters is 1. The molecule has 0 saturated carbocycles. The molecule has 14 heteroatoms. The first-order chi connectivity index (χ1) is 23.4. The van der Waals surface area contributed by atoms with Gasteiger partial charge in [0.2, 0.25) is 0 Å². The number of alkyl halides is 3. The number of nitrogens with zero attached hydrogens (tertiary/aromatic N) is 2. The van der Waals surface area contributed by atoms with Crippen LogP contribution < -0.4 is 24.4 Å². The van der Waals surface area contributed by atoms with Crippen LogP contribution in [-0.2, 0) is 16.1 Å². The van der Waals surface area contributed by atoms with Crippen LogP contribution in [0.3, 0.4) is 0 Å². The Hall–Kier alpha value is -4.29. The number of aromatic nitrogens is 1. The average Bonchev–Trinajstić information content (AvgIpc) is 3.38. The highest BCUT2D eigenvalue weighted by Crippen LogP contribution is 2.43. The van der Waals surface area contributed by atoms with Crippen molar-refractivity contribution in [2.75, 3.05) is 13.7 Å². The predicted molar refractivity (Wildman–Crippen MR) is 184 cm³/mol. The molecule has 0 aliphatic carbocycles. The number of allylic oxidation sites excluding steroid dienone is 1. The van der Waals surface area contributed by atoms with E-state index >= 15 is 0 Å². The van der Waals surface area contributed by atoms with E-state index < -0.39 is 35.0 Å². The minimum atomic E-state index is -5.08. The molecule has 2 heterocycles. The van der Waals surface area contributed by atoms with Crippen molar-refractivity contribution in [3.05, 3.63) is 136 Å². The SMILES string of the molecule is CCOC(=O)C1=C(C(F)(F)F)N=c2s/c(=C\c3cc(Cl)ccc3OCc3ccc(Cl)c(Cl)c3)c(=O)n2[C@@H]1c1c(OC)ccc2ccccc12. The molecule has 252 valence electrons. The van der Waals surface area contributed by atoms with Crippen molar-refractivity contribution >= 4 is 69.0 Å². The fourth-order valence-electron chi connectivity index (χ4n) is 5.54. The van der Waals surface area contributed by atoms with Crippen LogP contribution in [-0.4, -0.2) is 30.4 Å². The van der Waals surface area contributed by atoms with Gasteiger partial charge in [-0.2, -0.15) is 13.2 Å². The van der Waals surface area contributed by atoms with Crippen molar-refractivity contribution in [1.29, 1.82) is 0 Å². The second-order valence-electron chi connectivity index (χ2n) is 10.7. The number of benzene rings is 4. The van der Waals surface area contributed by atoms with Gasteiger partial charge in [-0.05, 0) is 65.7 Å². The highest BCUT2D eigenvalue weighted by atomic mass is 35.5. The number of thiazole rings is 1. The average molecular weight is 748 g/mol. The summed E-state index contributed by atoms with van der Waals surface area (Å²) in [6, 6.07) is 18.4.